The second kappa shape index (κ2) is 8.22. The van der Waals surface area contributed by atoms with Gasteiger partial charge in [0.25, 0.3) is 11.8 Å². The summed E-state index contributed by atoms with van der Waals surface area (Å²) in [5.74, 6) is -0.880. The summed E-state index contributed by atoms with van der Waals surface area (Å²) in [6.07, 6.45) is 0. The number of imide groups is 1. The molecule has 3 aromatic rings. The van der Waals surface area contributed by atoms with Gasteiger partial charge in [-0.2, -0.15) is 0 Å². The minimum Gasteiger partial charge on any atom is -0.339 e. The molecule has 1 aliphatic heterocycles. The van der Waals surface area contributed by atoms with Gasteiger partial charge in [0.05, 0.1) is 16.3 Å². The topological polar surface area (TPSA) is 40.6 Å². The zero-order valence-electron chi connectivity index (χ0n) is 17.3. The first-order valence-corrected chi connectivity index (χ1v) is 10.5. The Morgan fingerprint density at radius 2 is 1.55 bits per heavy atom. The Labute approximate surface area is 191 Å². The van der Waals surface area contributed by atoms with Crippen molar-refractivity contribution in [3.05, 3.63) is 99.2 Å². The first-order chi connectivity index (χ1) is 14.8. The zero-order chi connectivity index (χ0) is 22.3. The Bertz CT molecular complexity index is 1240. The van der Waals surface area contributed by atoms with Crippen LogP contribution in [0.4, 0.5) is 11.4 Å². The number of carbonyl (C=O) groups excluding carboxylic acids is 2. The molecule has 0 saturated heterocycles. The van der Waals surface area contributed by atoms with E-state index < -0.39 is 11.8 Å². The number of likely N-dealkylation sites (N-methyl/N-ethyl adjacent to an activating group) is 1. The Hall–Kier alpha value is -3.08. The summed E-state index contributed by atoms with van der Waals surface area (Å²) >= 11 is 12.5. The van der Waals surface area contributed by atoms with Crippen molar-refractivity contribution in [1.82, 2.24) is 0 Å². The summed E-state index contributed by atoms with van der Waals surface area (Å²) in [6.45, 7) is 3.92. The van der Waals surface area contributed by atoms with Crippen LogP contribution in [0.2, 0.25) is 10.0 Å². The standard InChI is InChI=1S/C25H20Cl2N2O2/c1-15-9-11-19(16(2)13-15)22-23(28(3)18-7-5-4-6-8-18)25(31)29(24(22)30)21-14-17(26)10-12-20(21)27/h4-14H,1-3H3. The van der Waals surface area contributed by atoms with E-state index in [1.165, 1.54) is 6.07 Å². The molecule has 2 amide bonds. The van der Waals surface area contributed by atoms with Gasteiger partial charge >= 0.3 is 0 Å². The first kappa shape index (κ1) is 21.2. The predicted octanol–water partition coefficient (Wildman–Crippen LogP) is 6.03. The molecule has 156 valence electrons. The van der Waals surface area contributed by atoms with Crippen molar-refractivity contribution in [3.8, 4) is 0 Å². The number of hydrogen-bond acceptors (Lipinski definition) is 3. The lowest BCUT2D eigenvalue weighted by Gasteiger charge is -2.22. The molecule has 0 aliphatic carbocycles. The Balaban J connectivity index is 1.94. The maximum Gasteiger partial charge on any atom is 0.282 e. The molecule has 0 spiro atoms. The van der Waals surface area contributed by atoms with Crippen molar-refractivity contribution in [2.45, 2.75) is 13.8 Å². The molecule has 6 heteroatoms. The van der Waals surface area contributed by atoms with Crippen molar-refractivity contribution in [2.24, 2.45) is 0 Å². The molecule has 4 rings (SSSR count). The van der Waals surface area contributed by atoms with E-state index in [4.69, 9.17) is 23.2 Å². The van der Waals surface area contributed by atoms with Crippen LogP contribution in [-0.2, 0) is 9.59 Å². The van der Waals surface area contributed by atoms with Gasteiger partial charge in [-0.1, -0.05) is 65.2 Å². The molecular formula is C25H20Cl2N2O2. The number of anilines is 2. The third kappa shape index (κ3) is 3.73. The molecule has 3 aromatic carbocycles. The summed E-state index contributed by atoms with van der Waals surface area (Å²) in [7, 11) is 1.78. The van der Waals surface area contributed by atoms with Crippen LogP contribution in [0.15, 0.2) is 72.4 Å². The average molecular weight is 451 g/mol. The third-order valence-electron chi connectivity index (χ3n) is 5.34. The van der Waals surface area contributed by atoms with Crippen LogP contribution in [0.1, 0.15) is 16.7 Å². The van der Waals surface area contributed by atoms with Gasteiger partial charge in [0, 0.05) is 17.8 Å². The van der Waals surface area contributed by atoms with E-state index in [2.05, 4.69) is 0 Å². The predicted molar refractivity (Wildman–Crippen MR) is 127 cm³/mol. The van der Waals surface area contributed by atoms with E-state index in [0.717, 1.165) is 21.7 Å². The van der Waals surface area contributed by atoms with E-state index in [1.54, 1.807) is 24.1 Å². The summed E-state index contributed by atoms with van der Waals surface area (Å²) in [5.41, 5.74) is 4.38. The summed E-state index contributed by atoms with van der Waals surface area (Å²) in [5, 5.41) is 0.660. The molecule has 0 bridgehead atoms. The van der Waals surface area contributed by atoms with Crippen LogP contribution in [0.25, 0.3) is 5.57 Å². The lowest BCUT2D eigenvalue weighted by molar-refractivity contribution is -0.120. The van der Waals surface area contributed by atoms with E-state index in [9.17, 15) is 9.59 Å². The van der Waals surface area contributed by atoms with Gasteiger partial charge in [-0.3, -0.25) is 9.59 Å². The normalized spacial score (nSPS) is 13.9. The molecule has 0 N–H and O–H groups in total. The number of nitrogens with zero attached hydrogens (tertiary/aromatic N) is 2. The number of amides is 2. The Kier molecular flexibility index (Phi) is 5.61. The lowest BCUT2D eigenvalue weighted by atomic mass is 9.97. The monoisotopic (exact) mass is 450 g/mol. The lowest BCUT2D eigenvalue weighted by Crippen LogP contribution is -2.34. The van der Waals surface area contributed by atoms with Crippen LogP contribution < -0.4 is 9.80 Å². The van der Waals surface area contributed by atoms with Gasteiger partial charge in [-0.05, 0) is 55.3 Å². The number of benzene rings is 3. The largest absolute Gasteiger partial charge is 0.339 e. The summed E-state index contributed by atoms with van der Waals surface area (Å²) < 4.78 is 0. The molecule has 0 saturated carbocycles. The fraction of sp³-hybridized carbons (Fsp3) is 0.120. The van der Waals surface area contributed by atoms with Crippen LogP contribution in [0.5, 0.6) is 0 Å². The van der Waals surface area contributed by atoms with Gasteiger partial charge in [0.2, 0.25) is 0 Å². The Morgan fingerprint density at radius 1 is 0.839 bits per heavy atom. The number of hydrogen-bond donors (Lipinski definition) is 0. The fourth-order valence-electron chi connectivity index (χ4n) is 3.82. The minimum absolute atomic E-state index is 0.267. The number of aryl methyl sites for hydroxylation is 2. The Morgan fingerprint density at radius 3 is 2.23 bits per heavy atom. The number of halogens is 2. The highest BCUT2D eigenvalue weighted by molar-refractivity contribution is 6.48. The van der Waals surface area contributed by atoms with Crippen molar-refractivity contribution < 1.29 is 9.59 Å². The summed E-state index contributed by atoms with van der Waals surface area (Å²) in [6, 6.07) is 20.0. The number of para-hydroxylation sites is 1. The molecule has 0 fully saturated rings. The van der Waals surface area contributed by atoms with Crippen LogP contribution in [0.3, 0.4) is 0 Å². The fourth-order valence-corrected chi connectivity index (χ4v) is 4.19. The van der Waals surface area contributed by atoms with Crippen molar-refractivity contribution in [2.75, 3.05) is 16.8 Å². The quantitative estimate of drug-likeness (QED) is 0.455. The minimum atomic E-state index is -0.449. The average Bonchev–Trinajstić information content (AvgIpc) is 3.00. The molecule has 0 atom stereocenters. The van der Waals surface area contributed by atoms with Crippen molar-refractivity contribution >= 4 is 52.0 Å². The molecule has 1 aliphatic rings. The van der Waals surface area contributed by atoms with Gasteiger partial charge in [-0.25, -0.2) is 4.90 Å². The van der Waals surface area contributed by atoms with Crippen molar-refractivity contribution in [3.63, 3.8) is 0 Å². The summed E-state index contributed by atoms with van der Waals surface area (Å²) in [4.78, 5) is 30.2. The molecule has 0 aromatic heterocycles. The molecule has 31 heavy (non-hydrogen) atoms. The van der Waals surface area contributed by atoms with Gasteiger partial charge in [0.1, 0.15) is 5.70 Å². The molecule has 4 nitrogen and oxygen atoms in total. The van der Waals surface area contributed by atoms with Crippen molar-refractivity contribution in [1.29, 1.82) is 0 Å². The third-order valence-corrected chi connectivity index (χ3v) is 5.89. The van der Waals surface area contributed by atoms with E-state index in [1.807, 2.05) is 62.4 Å². The maximum absolute atomic E-state index is 13.7. The maximum atomic E-state index is 13.7. The van der Waals surface area contributed by atoms with E-state index in [0.29, 0.717) is 21.9 Å². The first-order valence-electron chi connectivity index (χ1n) is 9.74. The molecular weight excluding hydrogens is 431 g/mol. The molecule has 0 radical (unpaired) electrons. The second-order valence-corrected chi connectivity index (χ2v) is 8.32. The number of rotatable bonds is 4. The molecule has 0 unspecified atom stereocenters. The number of carbonyl (C=O) groups is 2. The van der Waals surface area contributed by atoms with E-state index in [-0.39, 0.29) is 10.7 Å². The second-order valence-electron chi connectivity index (χ2n) is 7.48. The smallest absolute Gasteiger partial charge is 0.282 e. The van der Waals surface area contributed by atoms with Crippen LogP contribution >= 0.6 is 23.2 Å². The SMILES string of the molecule is Cc1ccc(C2=C(N(C)c3ccccc3)C(=O)N(c3cc(Cl)ccc3Cl)C2=O)c(C)c1. The highest BCUT2D eigenvalue weighted by Gasteiger charge is 2.43. The van der Waals surface area contributed by atoms with E-state index >= 15 is 0 Å². The van der Waals surface area contributed by atoms with Crippen LogP contribution in [0, 0.1) is 13.8 Å². The van der Waals surface area contributed by atoms with Crippen LogP contribution in [-0.4, -0.2) is 18.9 Å². The van der Waals surface area contributed by atoms with Gasteiger partial charge in [0.15, 0.2) is 0 Å². The molecule has 1 heterocycles. The zero-order valence-corrected chi connectivity index (χ0v) is 18.8. The van der Waals surface area contributed by atoms with Gasteiger partial charge < -0.3 is 4.90 Å². The highest BCUT2D eigenvalue weighted by Crippen LogP contribution is 2.40. The highest BCUT2D eigenvalue weighted by atomic mass is 35.5. The van der Waals surface area contributed by atoms with Gasteiger partial charge in [-0.15, -0.1) is 0 Å².